The number of hydrogen-bond donors (Lipinski definition) is 1. The average molecular weight is 250 g/mol. The second kappa shape index (κ2) is 5.52. The molecule has 2 heterocycles. The number of aryl methyl sites for hydroxylation is 1. The van der Waals surface area contributed by atoms with Gasteiger partial charge in [-0.2, -0.15) is 0 Å². The standard InChI is InChI=1S/C13H22N4O/c1-4-11-15-12(14)9(2)13(16-11)17-6-5-10(7-17)8-18-3/h10H,4-8H2,1-3H3,(H2,14,15,16). The molecule has 1 aromatic heterocycles. The lowest BCUT2D eigenvalue weighted by Crippen LogP contribution is -2.24. The monoisotopic (exact) mass is 250 g/mol. The van der Waals surface area contributed by atoms with Crippen molar-refractivity contribution in [2.45, 2.75) is 26.7 Å². The van der Waals surface area contributed by atoms with Gasteiger partial charge in [0, 0.05) is 38.1 Å². The molecule has 1 aliphatic heterocycles. The fraction of sp³-hybridized carbons (Fsp3) is 0.692. The second-order valence-electron chi connectivity index (χ2n) is 4.88. The quantitative estimate of drug-likeness (QED) is 0.875. The Bertz CT molecular complexity index is 422. The van der Waals surface area contributed by atoms with E-state index in [1.807, 2.05) is 13.8 Å². The lowest BCUT2D eigenvalue weighted by atomic mass is 10.1. The molecule has 0 bridgehead atoms. The molecule has 0 saturated carbocycles. The molecule has 1 fully saturated rings. The van der Waals surface area contributed by atoms with Crippen molar-refractivity contribution in [1.82, 2.24) is 9.97 Å². The van der Waals surface area contributed by atoms with Crippen molar-refractivity contribution in [2.24, 2.45) is 5.92 Å². The first kappa shape index (κ1) is 13.1. The maximum absolute atomic E-state index is 5.96. The Kier molecular flexibility index (Phi) is 4.01. The van der Waals surface area contributed by atoms with Gasteiger partial charge in [0.25, 0.3) is 0 Å². The van der Waals surface area contributed by atoms with Gasteiger partial charge >= 0.3 is 0 Å². The summed E-state index contributed by atoms with van der Waals surface area (Å²) in [5, 5.41) is 0. The first-order valence-corrected chi connectivity index (χ1v) is 6.52. The minimum absolute atomic E-state index is 0.593. The van der Waals surface area contributed by atoms with Crippen molar-refractivity contribution in [2.75, 3.05) is 37.4 Å². The number of nitrogen functional groups attached to an aromatic ring is 1. The van der Waals surface area contributed by atoms with Gasteiger partial charge in [0.15, 0.2) is 0 Å². The molecule has 1 aliphatic rings. The minimum atomic E-state index is 0.593. The summed E-state index contributed by atoms with van der Waals surface area (Å²) in [6.45, 7) is 6.87. The van der Waals surface area contributed by atoms with E-state index in [0.29, 0.717) is 11.7 Å². The molecule has 1 saturated heterocycles. The summed E-state index contributed by atoms with van der Waals surface area (Å²) >= 11 is 0. The SMILES string of the molecule is CCc1nc(N)c(C)c(N2CCC(COC)C2)n1. The van der Waals surface area contributed by atoms with E-state index in [1.54, 1.807) is 7.11 Å². The number of methoxy groups -OCH3 is 1. The van der Waals surface area contributed by atoms with E-state index in [-0.39, 0.29) is 0 Å². The van der Waals surface area contributed by atoms with Crippen LogP contribution >= 0.6 is 0 Å². The third-order valence-corrected chi connectivity index (χ3v) is 3.51. The van der Waals surface area contributed by atoms with Gasteiger partial charge in [-0.25, -0.2) is 9.97 Å². The summed E-state index contributed by atoms with van der Waals surface area (Å²) in [5.74, 6) is 3.02. The van der Waals surface area contributed by atoms with Gasteiger partial charge in [0.2, 0.25) is 0 Å². The highest BCUT2D eigenvalue weighted by molar-refractivity contribution is 5.57. The molecular weight excluding hydrogens is 228 g/mol. The molecule has 0 aliphatic carbocycles. The maximum atomic E-state index is 5.96. The zero-order valence-corrected chi connectivity index (χ0v) is 11.4. The average Bonchev–Trinajstić information content (AvgIpc) is 2.81. The van der Waals surface area contributed by atoms with E-state index in [9.17, 15) is 0 Å². The fourth-order valence-corrected chi connectivity index (χ4v) is 2.43. The van der Waals surface area contributed by atoms with E-state index in [0.717, 1.165) is 49.7 Å². The van der Waals surface area contributed by atoms with Crippen molar-refractivity contribution in [1.29, 1.82) is 0 Å². The lowest BCUT2D eigenvalue weighted by molar-refractivity contribution is 0.161. The number of anilines is 2. The van der Waals surface area contributed by atoms with Crippen molar-refractivity contribution in [3.05, 3.63) is 11.4 Å². The summed E-state index contributed by atoms with van der Waals surface area (Å²) in [6.07, 6.45) is 1.96. The molecule has 1 atom stereocenters. The third-order valence-electron chi connectivity index (χ3n) is 3.51. The molecule has 5 heteroatoms. The zero-order valence-electron chi connectivity index (χ0n) is 11.4. The summed E-state index contributed by atoms with van der Waals surface area (Å²) in [7, 11) is 1.76. The Morgan fingerprint density at radius 1 is 1.44 bits per heavy atom. The molecule has 0 spiro atoms. The molecule has 5 nitrogen and oxygen atoms in total. The Labute approximate surface area is 108 Å². The van der Waals surface area contributed by atoms with E-state index in [4.69, 9.17) is 10.5 Å². The fourth-order valence-electron chi connectivity index (χ4n) is 2.43. The van der Waals surface area contributed by atoms with Crippen LogP contribution in [0.4, 0.5) is 11.6 Å². The summed E-state index contributed by atoms with van der Waals surface area (Å²) in [6, 6.07) is 0. The summed E-state index contributed by atoms with van der Waals surface area (Å²) < 4.78 is 5.22. The van der Waals surface area contributed by atoms with Crippen LogP contribution in [0.1, 0.15) is 24.7 Å². The molecule has 1 unspecified atom stereocenters. The number of rotatable bonds is 4. The highest BCUT2D eigenvalue weighted by Gasteiger charge is 2.25. The van der Waals surface area contributed by atoms with Gasteiger partial charge < -0.3 is 15.4 Å². The lowest BCUT2D eigenvalue weighted by Gasteiger charge is -2.21. The number of ether oxygens (including phenoxy) is 1. The number of nitrogens with zero attached hydrogens (tertiary/aromatic N) is 3. The smallest absolute Gasteiger partial charge is 0.137 e. The van der Waals surface area contributed by atoms with Crippen LogP contribution < -0.4 is 10.6 Å². The molecule has 0 aromatic carbocycles. The Balaban J connectivity index is 2.20. The summed E-state index contributed by atoms with van der Waals surface area (Å²) in [4.78, 5) is 11.2. The number of nitrogens with two attached hydrogens (primary N) is 1. The maximum Gasteiger partial charge on any atom is 0.137 e. The molecule has 0 radical (unpaired) electrons. The van der Waals surface area contributed by atoms with Gasteiger partial charge in [-0.3, -0.25) is 0 Å². The number of hydrogen-bond acceptors (Lipinski definition) is 5. The Hall–Kier alpha value is -1.36. The van der Waals surface area contributed by atoms with Crippen LogP contribution in [0.5, 0.6) is 0 Å². The molecule has 18 heavy (non-hydrogen) atoms. The molecule has 2 N–H and O–H groups in total. The molecule has 100 valence electrons. The normalized spacial score (nSPS) is 19.5. The first-order chi connectivity index (χ1) is 8.65. The van der Waals surface area contributed by atoms with E-state index in [1.165, 1.54) is 0 Å². The van der Waals surface area contributed by atoms with Crippen LogP contribution in [0.15, 0.2) is 0 Å². The molecule has 1 aromatic rings. The van der Waals surface area contributed by atoms with Crippen LogP contribution in [0.2, 0.25) is 0 Å². The summed E-state index contributed by atoms with van der Waals surface area (Å²) in [5.41, 5.74) is 6.95. The van der Waals surface area contributed by atoms with Crippen LogP contribution in [-0.4, -0.2) is 36.8 Å². The van der Waals surface area contributed by atoms with Crippen LogP contribution in [0.3, 0.4) is 0 Å². The molecular formula is C13H22N4O. The highest BCUT2D eigenvalue weighted by atomic mass is 16.5. The third kappa shape index (κ3) is 2.56. The highest BCUT2D eigenvalue weighted by Crippen LogP contribution is 2.27. The van der Waals surface area contributed by atoms with Gasteiger partial charge in [-0.1, -0.05) is 6.92 Å². The van der Waals surface area contributed by atoms with Crippen molar-refractivity contribution < 1.29 is 4.74 Å². The van der Waals surface area contributed by atoms with Gasteiger partial charge in [0.05, 0.1) is 6.61 Å². The molecule has 0 amide bonds. The Morgan fingerprint density at radius 2 is 2.22 bits per heavy atom. The van der Waals surface area contributed by atoms with Crippen molar-refractivity contribution >= 4 is 11.6 Å². The predicted octanol–water partition coefficient (Wildman–Crippen LogP) is 1.40. The largest absolute Gasteiger partial charge is 0.384 e. The predicted molar refractivity (Wildman–Crippen MR) is 72.8 cm³/mol. The van der Waals surface area contributed by atoms with Gasteiger partial charge in [-0.05, 0) is 13.3 Å². The van der Waals surface area contributed by atoms with Crippen LogP contribution in [0.25, 0.3) is 0 Å². The van der Waals surface area contributed by atoms with Gasteiger partial charge in [0.1, 0.15) is 17.5 Å². The topological polar surface area (TPSA) is 64.3 Å². The first-order valence-electron chi connectivity index (χ1n) is 6.52. The number of aromatic nitrogens is 2. The zero-order chi connectivity index (χ0) is 13.1. The minimum Gasteiger partial charge on any atom is -0.384 e. The van der Waals surface area contributed by atoms with E-state index >= 15 is 0 Å². The molecule has 2 rings (SSSR count). The van der Waals surface area contributed by atoms with Crippen LogP contribution in [-0.2, 0) is 11.2 Å². The van der Waals surface area contributed by atoms with Crippen molar-refractivity contribution in [3.63, 3.8) is 0 Å². The van der Waals surface area contributed by atoms with Crippen LogP contribution in [0, 0.1) is 12.8 Å². The Morgan fingerprint density at radius 3 is 2.89 bits per heavy atom. The van der Waals surface area contributed by atoms with Gasteiger partial charge in [-0.15, -0.1) is 0 Å². The second-order valence-corrected chi connectivity index (χ2v) is 4.88. The van der Waals surface area contributed by atoms with E-state index in [2.05, 4.69) is 14.9 Å². The van der Waals surface area contributed by atoms with Crippen molar-refractivity contribution in [3.8, 4) is 0 Å². The van der Waals surface area contributed by atoms with E-state index < -0.39 is 0 Å².